The number of halogens is 1. The van der Waals surface area contributed by atoms with E-state index in [1.54, 1.807) is 19.1 Å². The van der Waals surface area contributed by atoms with Crippen LogP contribution in [-0.2, 0) is 4.79 Å². The third kappa shape index (κ3) is 5.94. The SMILES string of the molecule is C[C@H](Oc1ccccc1Cl)C(=O)NCCCN(C)C. The lowest BCUT2D eigenvalue weighted by Crippen LogP contribution is -2.37. The summed E-state index contributed by atoms with van der Waals surface area (Å²) in [5.74, 6) is 0.402. The summed E-state index contributed by atoms with van der Waals surface area (Å²) in [6.45, 7) is 3.30. The fraction of sp³-hybridized carbons (Fsp3) is 0.500. The predicted octanol–water partition coefficient (Wildman–Crippen LogP) is 2.18. The van der Waals surface area contributed by atoms with Crippen molar-refractivity contribution in [3.05, 3.63) is 29.3 Å². The molecule has 0 fully saturated rings. The molecule has 0 bridgehead atoms. The predicted molar refractivity (Wildman–Crippen MR) is 77.7 cm³/mol. The van der Waals surface area contributed by atoms with Gasteiger partial charge in [-0.2, -0.15) is 0 Å². The maximum Gasteiger partial charge on any atom is 0.260 e. The van der Waals surface area contributed by atoms with Gasteiger partial charge in [0.15, 0.2) is 6.10 Å². The highest BCUT2D eigenvalue weighted by Crippen LogP contribution is 2.24. The number of carbonyl (C=O) groups excluding carboxylic acids is 1. The molecule has 0 unspecified atom stereocenters. The van der Waals surface area contributed by atoms with E-state index >= 15 is 0 Å². The Morgan fingerprint density at radius 3 is 2.74 bits per heavy atom. The molecular weight excluding hydrogens is 264 g/mol. The smallest absolute Gasteiger partial charge is 0.260 e. The first-order valence-electron chi connectivity index (χ1n) is 6.34. The maximum atomic E-state index is 11.8. The van der Waals surface area contributed by atoms with E-state index < -0.39 is 6.10 Å². The summed E-state index contributed by atoms with van der Waals surface area (Å²) in [4.78, 5) is 13.9. The Morgan fingerprint density at radius 2 is 2.11 bits per heavy atom. The van der Waals surface area contributed by atoms with Crippen LogP contribution in [0.4, 0.5) is 0 Å². The molecule has 0 heterocycles. The number of amides is 1. The maximum absolute atomic E-state index is 11.8. The van der Waals surface area contributed by atoms with Crippen LogP contribution in [0.2, 0.25) is 5.02 Å². The van der Waals surface area contributed by atoms with Gasteiger partial charge in [0.05, 0.1) is 5.02 Å². The topological polar surface area (TPSA) is 41.6 Å². The van der Waals surface area contributed by atoms with E-state index in [2.05, 4.69) is 10.2 Å². The molecular formula is C14H21ClN2O2. The monoisotopic (exact) mass is 284 g/mol. The molecule has 0 aliphatic carbocycles. The Kier molecular flexibility index (Phi) is 6.67. The Bertz CT molecular complexity index is 410. The molecule has 1 rings (SSSR count). The highest BCUT2D eigenvalue weighted by atomic mass is 35.5. The standard InChI is InChI=1S/C14H21ClN2O2/c1-11(14(18)16-9-6-10-17(2)3)19-13-8-5-4-7-12(13)15/h4-5,7-8,11H,6,9-10H2,1-3H3,(H,16,18)/t11-/m0/s1. The molecule has 106 valence electrons. The first-order valence-corrected chi connectivity index (χ1v) is 6.72. The van der Waals surface area contributed by atoms with E-state index in [1.807, 2.05) is 26.2 Å². The average molecular weight is 285 g/mol. The van der Waals surface area contributed by atoms with E-state index in [0.717, 1.165) is 13.0 Å². The molecule has 1 N–H and O–H groups in total. The minimum Gasteiger partial charge on any atom is -0.479 e. The zero-order chi connectivity index (χ0) is 14.3. The van der Waals surface area contributed by atoms with Crippen molar-refractivity contribution in [3.8, 4) is 5.75 Å². The molecule has 0 aliphatic heterocycles. The highest BCUT2D eigenvalue weighted by molar-refractivity contribution is 6.32. The van der Waals surface area contributed by atoms with Crippen molar-refractivity contribution < 1.29 is 9.53 Å². The van der Waals surface area contributed by atoms with Crippen molar-refractivity contribution in [3.63, 3.8) is 0 Å². The minimum atomic E-state index is -0.556. The number of rotatable bonds is 7. The summed E-state index contributed by atoms with van der Waals surface area (Å²) >= 11 is 5.97. The number of hydrogen-bond acceptors (Lipinski definition) is 3. The Hall–Kier alpha value is -1.26. The zero-order valence-corrected chi connectivity index (χ0v) is 12.4. The van der Waals surface area contributed by atoms with Gasteiger partial charge in [0.2, 0.25) is 0 Å². The fourth-order valence-electron chi connectivity index (χ4n) is 1.53. The Morgan fingerprint density at radius 1 is 1.42 bits per heavy atom. The second-order valence-electron chi connectivity index (χ2n) is 4.64. The number of nitrogens with zero attached hydrogens (tertiary/aromatic N) is 1. The number of hydrogen-bond donors (Lipinski definition) is 1. The molecule has 0 aromatic heterocycles. The van der Waals surface area contributed by atoms with Gasteiger partial charge in [0, 0.05) is 6.54 Å². The Labute approximate surface area is 119 Å². The summed E-state index contributed by atoms with van der Waals surface area (Å²) in [6, 6.07) is 7.13. The van der Waals surface area contributed by atoms with Crippen LogP contribution in [-0.4, -0.2) is 44.1 Å². The lowest BCUT2D eigenvalue weighted by Gasteiger charge is -2.16. The van der Waals surface area contributed by atoms with E-state index in [9.17, 15) is 4.79 Å². The fourth-order valence-corrected chi connectivity index (χ4v) is 1.72. The molecule has 19 heavy (non-hydrogen) atoms. The molecule has 1 aromatic carbocycles. The Balaban J connectivity index is 2.35. The third-order valence-corrected chi connectivity index (χ3v) is 2.90. The van der Waals surface area contributed by atoms with Gasteiger partial charge in [-0.3, -0.25) is 4.79 Å². The molecule has 0 spiro atoms. The van der Waals surface area contributed by atoms with Crippen molar-refractivity contribution >= 4 is 17.5 Å². The van der Waals surface area contributed by atoms with Crippen LogP contribution in [0.5, 0.6) is 5.75 Å². The third-order valence-electron chi connectivity index (χ3n) is 2.59. The van der Waals surface area contributed by atoms with Gasteiger partial charge in [-0.15, -0.1) is 0 Å². The molecule has 0 aliphatic rings. The van der Waals surface area contributed by atoms with E-state index in [1.165, 1.54) is 0 Å². The van der Waals surface area contributed by atoms with Gasteiger partial charge in [0.1, 0.15) is 5.75 Å². The number of benzene rings is 1. The van der Waals surface area contributed by atoms with Crippen LogP contribution in [0.25, 0.3) is 0 Å². The van der Waals surface area contributed by atoms with Crippen molar-refractivity contribution in [2.75, 3.05) is 27.2 Å². The summed E-state index contributed by atoms with van der Waals surface area (Å²) in [7, 11) is 4.01. The molecule has 4 nitrogen and oxygen atoms in total. The van der Waals surface area contributed by atoms with E-state index in [0.29, 0.717) is 17.3 Å². The molecule has 1 amide bonds. The van der Waals surface area contributed by atoms with Crippen LogP contribution >= 0.6 is 11.6 Å². The normalized spacial score (nSPS) is 12.3. The lowest BCUT2D eigenvalue weighted by molar-refractivity contribution is -0.127. The largest absolute Gasteiger partial charge is 0.479 e. The summed E-state index contributed by atoms with van der Waals surface area (Å²) < 4.78 is 5.53. The first kappa shape index (κ1) is 15.8. The van der Waals surface area contributed by atoms with Gasteiger partial charge in [-0.1, -0.05) is 23.7 Å². The number of para-hydroxylation sites is 1. The van der Waals surface area contributed by atoms with Crippen molar-refractivity contribution in [2.24, 2.45) is 0 Å². The number of nitrogens with one attached hydrogen (secondary N) is 1. The zero-order valence-electron chi connectivity index (χ0n) is 11.6. The molecule has 1 atom stereocenters. The first-order chi connectivity index (χ1) is 9.00. The van der Waals surface area contributed by atoms with Gasteiger partial charge < -0.3 is 15.0 Å². The van der Waals surface area contributed by atoms with Gasteiger partial charge in [-0.25, -0.2) is 0 Å². The van der Waals surface area contributed by atoms with Crippen molar-refractivity contribution in [1.29, 1.82) is 0 Å². The van der Waals surface area contributed by atoms with Crippen molar-refractivity contribution in [1.82, 2.24) is 10.2 Å². The van der Waals surface area contributed by atoms with E-state index in [4.69, 9.17) is 16.3 Å². The van der Waals surface area contributed by atoms with Crippen LogP contribution in [0.3, 0.4) is 0 Å². The molecule has 0 saturated carbocycles. The molecule has 0 saturated heterocycles. The second kappa shape index (κ2) is 8.02. The summed E-state index contributed by atoms with van der Waals surface area (Å²) in [6.07, 6.45) is 0.358. The molecule has 5 heteroatoms. The lowest BCUT2D eigenvalue weighted by atomic mass is 10.3. The molecule has 1 aromatic rings. The average Bonchev–Trinajstić information content (AvgIpc) is 2.36. The second-order valence-corrected chi connectivity index (χ2v) is 5.05. The molecule has 0 radical (unpaired) electrons. The quantitative estimate of drug-likeness (QED) is 0.780. The van der Waals surface area contributed by atoms with Crippen LogP contribution in [0.15, 0.2) is 24.3 Å². The van der Waals surface area contributed by atoms with Gasteiger partial charge in [-0.05, 0) is 46.1 Å². The number of carbonyl (C=O) groups is 1. The highest BCUT2D eigenvalue weighted by Gasteiger charge is 2.15. The number of ether oxygens (including phenoxy) is 1. The minimum absolute atomic E-state index is 0.126. The van der Waals surface area contributed by atoms with Crippen molar-refractivity contribution in [2.45, 2.75) is 19.4 Å². The van der Waals surface area contributed by atoms with Crippen LogP contribution in [0.1, 0.15) is 13.3 Å². The van der Waals surface area contributed by atoms with Gasteiger partial charge in [0.25, 0.3) is 5.91 Å². The van der Waals surface area contributed by atoms with Crippen LogP contribution < -0.4 is 10.1 Å². The van der Waals surface area contributed by atoms with E-state index in [-0.39, 0.29) is 5.91 Å². The van der Waals surface area contributed by atoms with Gasteiger partial charge >= 0.3 is 0 Å². The summed E-state index contributed by atoms with van der Waals surface area (Å²) in [5.41, 5.74) is 0. The van der Waals surface area contributed by atoms with Crippen LogP contribution in [0, 0.1) is 0 Å². The summed E-state index contributed by atoms with van der Waals surface area (Å²) in [5, 5.41) is 3.35.